The SMILES string of the molecule is Cc1c(NC(=O)C2CCC(NS(=O)(=O)C(C)C)CC2)ccc(C(F)(F)F)c1C. The zero-order chi connectivity index (χ0) is 21.3. The summed E-state index contributed by atoms with van der Waals surface area (Å²) >= 11 is 0. The predicted octanol–water partition coefficient (Wildman–Crippen LogP) is 4.15. The number of halogens is 3. The number of rotatable bonds is 5. The predicted molar refractivity (Wildman–Crippen MR) is 102 cm³/mol. The molecule has 2 N–H and O–H groups in total. The van der Waals surface area contributed by atoms with Gasteiger partial charge in [0.25, 0.3) is 0 Å². The fourth-order valence-corrected chi connectivity index (χ4v) is 4.31. The fourth-order valence-electron chi connectivity index (χ4n) is 3.34. The van der Waals surface area contributed by atoms with Crippen LogP contribution >= 0.6 is 0 Å². The van der Waals surface area contributed by atoms with E-state index in [1.165, 1.54) is 13.0 Å². The minimum Gasteiger partial charge on any atom is -0.326 e. The summed E-state index contributed by atoms with van der Waals surface area (Å²) in [6.07, 6.45) is -2.28. The highest BCUT2D eigenvalue weighted by Crippen LogP contribution is 2.35. The van der Waals surface area contributed by atoms with Crippen molar-refractivity contribution in [1.29, 1.82) is 0 Å². The van der Waals surface area contributed by atoms with E-state index in [1.54, 1.807) is 20.8 Å². The molecule has 0 aromatic heterocycles. The van der Waals surface area contributed by atoms with Crippen LogP contribution in [0.1, 0.15) is 56.2 Å². The molecule has 1 aliphatic carbocycles. The number of nitrogens with one attached hydrogen (secondary N) is 2. The monoisotopic (exact) mass is 420 g/mol. The molecule has 0 unspecified atom stereocenters. The number of carbonyl (C=O) groups is 1. The van der Waals surface area contributed by atoms with Gasteiger partial charge >= 0.3 is 6.18 Å². The molecule has 1 aromatic rings. The van der Waals surface area contributed by atoms with Crippen LogP contribution in [0.2, 0.25) is 0 Å². The van der Waals surface area contributed by atoms with Crippen molar-refractivity contribution in [2.75, 3.05) is 5.32 Å². The lowest BCUT2D eigenvalue weighted by atomic mass is 9.86. The third kappa shape index (κ3) is 5.26. The maximum Gasteiger partial charge on any atom is 0.416 e. The summed E-state index contributed by atoms with van der Waals surface area (Å²) in [5.41, 5.74) is 0.151. The Morgan fingerprint density at radius 2 is 1.64 bits per heavy atom. The van der Waals surface area contributed by atoms with Crippen LogP contribution in [0.5, 0.6) is 0 Å². The Balaban J connectivity index is 1.99. The summed E-state index contributed by atoms with van der Waals surface area (Å²) in [5, 5.41) is 2.22. The maximum atomic E-state index is 13.0. The quantitative estimate of drug-likeness (QED) is 0.752. The average molecular weight is 420 g/mol. The van der Waals surface area contributed by atoms with Crippen molar-refractivity contribution in [3.8, 4) is 0 Å². The highest BCUT2D eigenvalue weighted by atomic mass is 32.2. The van der Waals surface area contributed by atoms with E-state index >= 15 is 0 Å². The van der Waals surface area contributed by atoms with Crippen molar-refractivity contribution < 1.29 is 26.4 Å². The van der Waals surface area contributed by atoms with E-state index in [0.29, 0.717) is 36.9 Å². The zero-order valence-electron chi connectivity index (χ0n) is 16.5. The van der Waals surface area contributed by atoms with Gasteiger partial charge in [0, 0.05) is 17.6 Å². The first kappa shape index (κ1) is 22.7. The summed E-state index contributed by atoms with van der Waals surface area (Å²) < 4.78 is 65.5. The van der Waals surface area contributed by atoms with Crippen LogP contribution in [-0.2, 0) is 21.0 Å². The molecule has 1 amide bonds. The summed E-state index contributed by atoms with van der Waals surface area (Å²) in [7, 11) is -3.35. The molecular weight excluding hydrogens is 393 g/mol. The number of amides is 1. The normalized spacial score (nSPS) is 21.0. The van der Waals surface area contributed by atoms with Crippen LogP contribution in [0.25, 0.3) is 0 Å². The first-order valence-electron chi connectivity index (χ1n) is 9.32. The van der Waals surface area contributed by atoms with Gasteiger partial charge in [-0.05, 0) is 76.6 Å². The molecule has 158 valence electrons. The molecule has 0 aliphatic heterocycles. The molecule has 0 radical (unpaired) electrons. The topological polar surface area (TPSA) is 75.3 Å². The number of hydrogen-bond donors (Lipinski definition) is 2. The summed E-state index contributed by atoms with van der Waals surface area (Å²) in [6.45, 7) is 6.16. The van der Waals surface area contributed by atoms with Crippen LogP contribution in [0.4, 0.5) is 18.9 Å². The Hall–Kier alpha value is -1.61. The molecule has 5 nitrogen and oxygen atoms in total. The van der Waals surface area contributed by atoms with Crippen LogP contribution in [0, 0.1) is 19.8 Å². The van der Waals surface area contributed by atoms with Crippen LogP contribution < -0.4 is 10.0 Å². The second-order valence-electron chi connectivity index (χ2n) is 7.66. The van der Waals surface area contributed by atoms with Gasteiger partial charge in [0.2, 0.25) is 15.9 Å². The standard InChI is InChI=1S/C19H27F3N2O3S/c1-11(2)28(26,27)24-15-7-5-14(6-8-15)18(25)23-17-10-9-16(19(20,21)22)12(3)13(17)4/h9-11,14-15,24H,5-8H2,1-4H3,(H,23,25). The number of alkyl halides is 3. The van der Waals surface area contributed by atoms with E-state index in [4.69, 9.17) is 0 Å². The van der Waals surface area contributed by atoms with Crippen LogP contribution in [-0.4, -0.2) is 25.6 Å². The molecule has 1 fully saturated rings. The summed E-state index contributed by atoms with van der Waals surface area (Å²) in [6, 6.07) is 2.08. The number of benzene rings is 1. The number of anilines is 1. The molecule has 9 heteroatoms. The lowest BCUT2D eigenvalue weighted by Gasteiger charge is -2.29. The molecule has 1 saturated carbocycles. The lowest BCUT2D eigenvalue weighted by molar-refractivity contribution is -0.138. The Labute approximate surface area is 164 Å². The van der Waals surface area contributed by atoms with Crippen LogP contribution in [0.15, 0.2) is 12.1 Å². The van der Waals surface area contributed by atoms with E-state index in [1.807, 2.05) is 0 Å². The van der Waals surface area contributed by atoms with Crippen molar-refractivity contribution in [1.82, 2.24) is 4.72 Å². The third-order valence-corrected chi connectivity index (χ3v) is 7.30. The first-order chi connectivity index (χ1) is 12.8. The molecular formula is C19H27F3N2O3S. The zero-order valence-corrected chi connectivity index (χ0v) is 17.3. The maximum absolute atomic E-state index is 13.0. The lowest BCUT2D eigenvalue weighted by Crippen LogP contribution is -2.42. The van der Waals surface area contributed by atoms with Crippen molar-refractivity contribution in [2.24, 2.45) is 5.92 Å². The van der Waals surface area contributed by atoms with E-state index < -0.39 is 27.0 Å². The molecule has 1 aromatic carbocycles. The Morgan fingerprint density at radius 1 is 1.07 bits per heavy atom. The van der Waals surface area contributed by atoms with E-state index in [-0.39, 0.29) is 23.4 Å². The summed E-state index contributed by atoms with van der Waals surface area (Å²) in [4.78, 5) is 12.5. The number of carbonyl (C=O) groups excluding carboxylic acids is 1. The van der Waals surface area contributed by atoms with Crippen molar-refractivity contribution in [3.63, 3.8) is 0 Å². The molecule has 0 heterocycles. The number of sulfonamides is 1. The second kappa shape index (κ2) is 8.41. The fraction of sp³-hybridized carbons (Fsp3) is 0.632. The van der Waals surface area contributed by atoms with Gasteiger partial charge in [-0.3, -0.25) is 4.79 Å². The van der Waals surface area contributed by atoms with Gasteiger partial charge in [-0.25, -0.2) is 13.1 Å². The van der Waals surface area contributed by atoms with Gasteiger partial charge in [-0.15, -0.1) is 0 Å². The molecule has 0 atom stereocenters. The van der Waals surface area contributed by atoms with Crippen molar-refractivity contribution in [3.05, 3.63) is 28.8 Å². The Morgan fingerprint density at radius 3 is 2.14 bits per heavy atom. The summed E-state index contributed by atoms with van der Waals surface area (Å²) in [5.74, 6) is -0.533. The average Bonchev–Trinajstić information content (AvgIpc) is 2.58. The minimum absolute atomic E-state index is 0.0945. The Kier molecular flexibility index (Phi) is 6.81. The van der Waals surface area contributed by atoms with Crippen molar-refractivity contribution in [2.45, 2.75) is 70.8 Å². The van der Waals surface area contributed by atoms with Gasteiger partial charge in [-0.2, -0.15) is 13.2 Å². The molecule has 0 bridgehead atoms. The molecule has 0 saturated heterocycles. The largest absolute Gasteiger partial charge is 0.416 e. The smallest absolute Gasteiger partial charge is 0.326 e. The third-order valence-electron chi connectivity index (χ3n) is 5.40. The van der Waals surface area contributed by atoms with E-state index in [0.717, 1.165) is 6.07 Å². The van der Waals surface area contributed by atoms with Gasteiger partial charge in [0.05, 0.1) is 10.8 Å². The minimum atomic E-state index is -4.43. The van der Waals surface area contributed by atoms with Gasteiger partial charge in [0.15, 0.2) is 0 Å². The molecule has 28 heavy (non-hydrogen) atoms. The van der Waals surface area contributed by atoms with Gasteiger partial charge in [-0.1, -0.05) is 0 Å². The van der Waals surface area contributed by atoms with Gasteiger partial charge in [0.1, 0.15) is 0 Å². The van der Waals surface area contributed by atoms with Gasteiger partial charge < -0.3 is 5.32 Å². The molecule has 1 aliphatic rings. The van der Waals surface area contributed by atoms with Crippen molar-refractivity contribution >= 4 is 21.6 Å². The van der Waals surface area contributed by atoms with E-state index in [9.17, 15) is 26.4 Å². The molecule has 0 spiro atoms. The highest BCUT2D eigenvalue weighted by molar-refractivity contribution is 7.90. The Bertz CT molecular complexity index is 828. The molecule has 2 rings (SSSR count). The highest BCUT2D eigenvalue weighted by Gasteiger charge is 2.34. The number of hydrogen-bond acceptors (Lipinski definition) is 3. The second-order valence-corrected chi connectivity index (χ2v) is 9.93. The van der Waals surface area contributed by atoms with Crippen LogP contribution in [0.3, 0.4) is 0 Å². The van der Waals surface area contributed by atoms with E-state index in [2.05, 4.69) is 10.0 Å². The first-order valence-corrected chi connectivity index (χ1v) is 10.9.